The molecule has 8 bridgehead atoms. The maximum Gasteiger partial charge on any atom is 1.00 e. The fourth-order valence-corrected chi connectivity index (χ4v) is 22.8. The van der Waals surface area contributed by atoms with Crippen LogP contribution in [0.2, 0.25) is 38.3 Å². The second-order valence-electron chi connectivity index (χ2n) is 31.4. The van der Waals surface area contributed by atoms with Crippen molar-refractivity contribution in [2.75, 3.05) is 107 Å². The third-order valence-electron chi connectivity index (χ3n) is 20.5. The van der Waals surface area contributed by atoms with Crippen LogP contribution < -0.4 is 39.6 Å². The third kappa shape index (κ3) is 33.2. The molecule has 0 unspecified atom stereocenters. The minimum Gasteiger partial charge on any atom is -0.493 e. The van der Waals surface area contributed by atoms with Crippen LogP contribution in [0.25, 0.3) is 89.7 Å². The second kappa shape index (κ2) is 44.5. The summed E-state index contributed by atoms with van der Waals surface area (Å²) in [6.45, 7) is 9.93. The van der Waals surface area contributed by atoms with Crippen LogP contribution in [-0.4, -0.2) is 289 Å². The average Bonchev–Trinajstić information content (AvgIpc) is 1.60. The standard InChI is InChI=1S/C46H38N10O7.C28H64N2O20S6Si3.Na/c57-34-21-22-35(58)56(34)63-36(59)20-2-1-9-23-47-46(60)62-25-11-24-61-33-19-10-18-32-37(33)45-54-43-31-17-8-7-16-30(31)41(52-43)50-39-27-13-4-3-12-26(27)38(48-39)49-40-28-14-5-6-15-29(28)42(51-40)53-44(32)55-45;1-58(2,27-11-19-29(13-5-21-51(31,32)33,14-6-22-52(34,35)36)15-7-23-53(37,38)39)49-57-50-59(3,4)28-12-20-30(16-8-24-54(40,41)42,17-9-25-55(43,44)45)18-10-26-56(46,47)48;/h3-8,10,12-19H,1-2,9,11,20-25H2,(H,47,60)(H2,48,49,50,51,52,53,54,55);5-28H2,1-4H3,(H4-2,31,32,33,34,35,36,37,38,39,40,41,42,43,44,45,46,47,48);/q;;+1/p+2. The summed E-state index contributed by atoms with van der Waals surface area (Å²) in [5, 5.41) is 6.70. The van der Waals surface area contributed by atoms with E-state index in [-0.39, 0.29) is 159 Å². The maximum absolute atomic E-state index is 12.4. The molecule has 9 N–H and O–H groups in total. The van der Waals surface area contributed by atoms with Gasteiger partial charge in [-0.05, 0) is 70.0 Å². The Morgan fingerprint density at radius 3 is 1.18 bits per heavy atom. The Morgan fingerprint density at radius 1 is 0.439 bits per heavy atom. The molecule has 49 heteroatoms. The minimum absolute atomic E-state index is 0. The number of hydrogen-bond donors (Lipinski definition) is 9. The number of ether oxygens (including phenoxy) is 2. The minimum atomic E-state index is -4.33. The first kappa shape index (κ1) is 101. The third-order valence-corrected chi connectivity index (χ3v) is 33.5. The number of quaternary nitrogens is 2. The Labute approximate surface area is 741 Å². The fourth-order valence-electron chi connectivity index (χ4n) is 14.7. The molecular formula is C74H104N12NaO27S6Si3+3. The van der Waals surface area contributed by atoms with Crippen molar-refractivity contribution in [1.29, 1.82) is 0 Å². The van der Waals surface area contributed by atoms with Crippen LogP contribution in [-0.2, 0) is 92.9 Å². The number of hydrogen-bond acceptors (Lipinski definition) is 27. The first-order valence-corrected chi connectivity index (χ1v) is 56.3. The van der Waals surface area contributed by atoms with Crippen molar-refractivity contribution in [3.05, 3.63) is 91.0 Å². The Balaban J connectivity index is 0.000000304. The molecule has 4 aromatic carbocycles. The molecule has 3 aliphatic heterocycles. The smallest absolute Gasteiger partial charge is 0.493 e. The first-order chi connectivity index (χ1) is 57.2. The topological polar surface area (TPSA) is 565 Å². The van der Waals surface area contributed by atoms with E-state index in [4.69, 9.17) is 52.4 Å². The van der Waals surface area contributed by atoms with Crippen molar-refractivity contribution in [3.8, 4) is 51.3 Å². The molecule has 0 saturated carbocycles. The molecule has 123 heavy (non-hydrogen) atoms. The quantitative estimate of drug-likeness (QED) is 0.00738. The fraction of sp³-hybridized carbons (Fsp3) is 0.514. The molecule has 39 nitrogen and oxygen atoms in total. The number of carbonyl (C=O) groups is 4. The number of H-pyrrole nitrogens is 2. The van der Waals surface area contributed by atoms with Crippen molar-refractivity contribution in [3.63, 3.8) is 0 Å². The van der Waals surface area contributed by atoms with Gasteiger partial charge in [0.25, 0.3) is 72.5 Å². The van der Waals surface area contributed by atoms with E-state index in [1.807, 2.05) is 117 Å². The van der Waals surface area contributed by atoms with E-state index in [1.165, 1.54) is 0 Å². The Morgan fingerprint density at radius 2 is 0.789 bits per heavy atom. The van der Waals surface area contributed by atoms with E-state index in [9.17, 15) is 97.0 Å². The zero-order chi connectivity index (χ0) is 89.0. The Kier molecular flexibility index (Phi) is 36.7. The molecule has 0 atom stereocenters. The van der Waals surface area contributed by atoms with Gasteiger partial charge in [0.1, 0.15) is 28.3 Å². The first-order valence-electron chi connectivity index (χ1n) is 39.6. The van der Waals surface area contributed by atoms with Gasteiger partial charge in [-0.25, -0.2) is 39.5 Å². The number of amides is 3. The number of rotatable bonds is 48. The summed E-state index contributed by atoms with van der Waals surface area (Å²) in [7, 11) is -31.3. The SMILES string of the molecule is C[Si](C)(CCC[N+](CCCS(=O)(=O)O)(CCCS(=O)(=O)O)CCCS(=O)(=O)O)O[Si]O[Si](C)(C)CCC[N+](CCCS(=O)(=O)O)(CCCS(=O)(=O)O)CCCS(=O)(=O)O.O=C(CCCCCNC(=O)OCCCOc1cccc2c1-c1nc-2nc2[nH]c(nc3nc(nc4[nH]c(n1)c1ccccc41)-c1ccccc1-3)c1ccccc21)ON1C(=O)CCC1=O.[Na+]. The molecule has 1 fully saturated rings. The summed E-state index contributed by atoms with van der Waals surface area (Å²) in [6.07, 6.45) is 2.50. The number of imide groups is 1. The van der Waals surface area contributed by atoms with Crippen molar-refractivity contribution in [2.24, 2.45) is 0 Å². The Bertz CT molecular complexity index is 5480. The molecular weight excluding hydrogens is 1790 g/mol. The number of aromatic nitrogens is 8. The Hall–Kier alpha value is -7.13. The predicted molar refractivity (Wildman–Crippen MR) is 459 cm³/mol. The number of nitrogens with one attached hydrogen (secondary N) is 3. The molecule has 0 aliphatic carbocycles. The second-order valence-corrected chi connectivity index (χ2v) is 50.6. The molecule has 3 aromatic heterocycles. The van der Waals surface area contributed by atoms with Gasteiger partial charge in [-0.2, -0.15) is 50.5 Å². The molecule has 3 amide bonds. The van der Waals surface area contributed by atoms with Crippen LogP contribution in [0.4, 0.5) is 4.79 Å². The van der Waals surface area contributed by atoms with Gasteiger partial charge in [0.2, 0.25) is 0 Å². The van der Waals surface area contributed by atoms with Crippen LogP contribution in [0.5, 0.6) is 5.75 Å². The number of carbonyl (C=O) groups excluding carboxylic acids is 4. The van der Waals surface area contributed by atoms with E-state index in [2.05, 4.69) is 15.3 Å². The van der Waals surface area contributed by atoms with Gasteiger partial charge in [0.15, 0.2) is 39.9 Å². The number of aromatic amines is 2. The molecule has 668 valence electrons. The van der Waals surface area contributed by atoms with Crippen LogP contribution in [0.3, 0.4) is 0 Å². The number of hydroxylamine groups is 2. The summed E-state index contributed by atoms with van der Waals surface area (Å²) >= 11 is 0. The van der Waals surface area contributed by atoms with Gasteiger partial charge < -0.3 is 46.8 Å². The summed E-state index contributed by atoms with van der Waals surface area (Å²) in [5.41, 5.74) is 5.45. The maximum atomic E-state index is 12.4. The molecule has 7 aromatic rings. The largest absolute Gasteiger partial charge is 1.00 e. The molecule has 0 spiro atoms. The number of unbranched alkanes of at least 4 members (excludes halogenated alkanes) is 2. The number of alkyl carbamates (subject to hydrolysis) is 1. The van der Waals surface area contributed by atoms with Crippen molar-refractivity contribution in [2.45, 2.75) is 135 Å². The summed E-state index contributed by atoms with van der Waals surface area (Å²) in [6, 6.07) is 30.5. The zero-order valence-electron chi connectivity index (χ0n) is 68.9. The van der Waals surface area contributed by atoms with E-state index >= 15 is 0 Å². The zero-order valence-corrected chi connectivity index (χ0v) is 78.8. The summed E-state index contributed by atoms with van der Waals surface area (Å²) in [4.78, 5) is 89.6. The molecule has 1 saturated heterocycles. The van der Waals surface area contributed by atoms with Gasteiger partial charge in [-0.3, -0.25) is 36.9 Å². The monoisotopic (exact) mass is 1890 g/mol. The van der Waals surface area contributed by atoms with Crippen LogP contribution in [0.1, 0.15) is 96.3 Å². The predicted octanol–water partition coefficient (Wildman–Crippen LogP) is 5.58. The van der Waals surface area contributed by atoms with Crippen LogP contribution >= 0.6 is 0 Å². The van der Waals surface area contributed by atoms with Crippen molar-refractivity contribution >= 4 is 155 Å². The summed E-state index contributed by atoms with van der Waals surface area (Å²) in [5.74, 6) is -2.72. The van der Waals surface area contributed by atoms with Gasteiger partial charge >= 0.3 is 51.6 Å². The van der Waals surface area contributed by atoms with E-state index in [0.717, 1.165) is 38.2 Å². The number of benzene rings is 4. The van der Waals surface area contributed by atoms with E-state index in [1.54, 1.807) is 0 Å². The van der Waals surface area contributed by atoms with Crippen LogP contribution in [0.15, 0.2) is 91.0 Å². The summed E-state index contributed by atoms with van der Waals surface area (Å²) < 4.78 is 218. The van der Waals surface area contributed by atoms with Gasteiger partial charge in [-0.1, -0.05) is 91.3 Å². The molecule has 10 rings (SSSR count). The molecule has 6 heterocycles. The average molecular weight is 1890 g/mol. The molecule has 3 aliphatic rings. The number of nitrogens with zero attached hydrogens (tertiary/aromatic N) is 9. The van der Waals surface area contributed by atoms with Crippen LogP contribution in [0, 0.1) is 0 Å². The van der Waals surface area contributed by atoms with Gasteiger partial charge in [0.05, 0.1) is 106 Å². The van der Waals surface area contributed by atoms with Crippen molar-refractivity contribution in [1.82, 2.24) is 50.3 Å². The van der Waals surface area contributed by atoms with Gasteiger partial charge in [0, 0.05) is 109 Å². The molecule has 2 radical (unpaired) electrons. The van der Waals surface area contributed by atoms with Crippen molar-refractivity contribution < 1.29 is 158 Å². The normalized spacial score (nSPS) is 13.6. The van der Waals surface area contributed by atoms with E-state index in [0.29, 0.717) is 133 Å². The van der Waals surface area contributed by atoms with Gasteiger partial charge in [-0.15, -0.1) is 5.06 Å². The number of fused-ring (bicyclic) bond motifs is 20. The van der Waals surface area contributed by atoms with E-state index < -0.39 is 136 Å².